The first-order valence-corrected chi connectivity index (χ1v) is 9.22. The number of rotatable bonds is 6. The quantitative estimate of drug-likeness (QED) is 0.459. The van der Waals surface area contributed by atoms with Gasteiger partial charge in [-0.2, -0.15) is 0 Å². The molecule has 0 bridgehead atoms. The number of carbonyl (C=O) groups excluding carboxylic acids is 2. The molecule has 1 aliphatic heterocycles. The summed E-state index contributed by atoms with van der Waals surface area (Å²) in [4.78, 5) is 23.7. The summed E-state index contributed by atoms with van der Waals surface area (Å²) in [5.41, 5.74) is 0. The van der Waals surface area contributed by atoms with Gasteiger partial charge in [-0.25, -0.2) is 4.79 Å². The van der Waals surface area contributed by atoms with Gasteiger partial charge in [0.25, 0.3) is 0 Å². The highest BCUT2D eigenvalue weighted by molar-refractivity contribution is 5.77. The fraction of sp³-hybridized carbons (Fsp3) is 0.882. The molecule has 2 aliphatic rings. The predicted octanol–water partition coefficient (Wildman–Crippen LogP) is 0.0222. The number of ether oxygens (including phenoxy) is 1. The Bertz CT molecular complexity index is 454. The second kappa shape index (κ2) is 9.35. The van der Waals surface area contributed by atoms with E-state index in [0.29, 0.717) is 0 Å². The zero-order chi connectivity index (χ0) is 18.4. The number of hydrogen-bond acceptors (Lipinski definition) is 5. The van der Waals surface area contributed by atoms with Gasteiger partial charge >= 0.3 is 6.03 Å². The predicted molar refractivity (Wildman–Crippen MR) is 92.0 cm³/mol. The van der Waals surface area contributed by atoms with E-state index in [1.165, 1.54) is 6.42 Å². The van der Waals surface area contributed by atoms with Crippen LogP contribution in [0.4, 0.5) is 4.79 Å². The van der Waals surface area contributed by atoms with E-state index in [1.54, 1.807) is 0 Å². The van der Waals surface area contributed by atoms with Crippen molar-refractivity contribution in [3.05, 3.63) is 0 Å². The van der Waals surface area contributed by atoms with Gasteiger partial charge in [-0.3, -0.25) is 4.79 Å². The largest absolute Gasteiger partial charge is 0.388 e. The van der Waals surface area contributed by atoms with Crippen molar-refractivity contribution in [3.63, 3.8) is 0 Å². The molecule has 0 aromatic heterocycles. The highest BCUT2D eigenvalue weighted by atomic mass is 16.5. The van der Waals surface area contributed by atoms with E-state index in [-0.39, 0.29) is 37.0 Å². The molecule has 2 fully saturated rings. The SMILES string of the molecule is CC(C)NC(=O)CC1OC(CNC(=O)NC2CCCCC2)C(O)C1O. The van der Waals surface area contributed by atoms with E-state index < -0.39 is 24.4 Å². The van der Waals surface area contributed by atoms with Crippen LogP contribution in [0.1, 0.15) is 52.4 Å². The van der Waals surface area contributed by atoms with E-state index in [4.69, 9.17) is 4.74 Å². The zero-order valence-electron chi connectivity index (χ0n) is 15.0. The van der Waals surface area contributed by atoms with E-state index in [2.05, 4.69) is 16.0 Å². The summed E-state index contributed by atoms with van der Waals surface area (Å²) in [6.45, 7) is 3.77. The number of aliphatic hydroxyl groups excluding tert-OH is 2. The lowest BCUT2D eigenvalue weighted by molar-refractivity contribution is -0.125. The normalized spacial score (nSPS) is 30.3. The molecule has 3 amide bonds. The number of amides is 3. The molecule has 1 heterocycles. The molecule has 144 valence electrons. The Kier molecular flexibility index (Phi) is 7.46. The molecular formula is C17H31N3O5. The minimum absolute atomic E-state index is 0.00286. The molecule has 4 atom stereocenters. The van der Waals surface area contributed by atoms with Crippen LogP contribution in [0.2, 0.25) is 0 Å². The number of nitrogens with one attached hydrogen (secondary N) is 3. The summed E-state index contributed by atoms with van der Waals surface area (Å²) in [6, 6.07) is -0.101. The monoisotopic (exact) mass is 357 g/mol. The third-order valence-electron chi connectivity index (χ3n) is 4.70. The van der Waals surface area contributed by atoms with E-state index in [0.717, 1.165) is 25.7 Å². The average molecular weight is 357 g/mol. The van der Waals surface area contributed by atoms with Crippen LogP contribution in [0, 0.1) is 0 Å². The minimum Gasteiger partial charge on any atom is -0.388 e. The van der Waals surface area contributed by atoms with Crippen molar-refractivity contribution in [1.82, 2.24) is 16.0 Å². The maximum atomic E-state index is 12.0. The van der Waals surface area contributed by atoms with Gasteiger partial charge < -0.3 is 30.9 Å². The Balaban J connectivity index is 1.74. The van der Waals surface area contributed by atoms with Crippen LogP contribution in [-0.4, -0.2) is 65.2 Å². The van der Waals surface area contributed by atoms with Crippen LogP contribution in [0.25, 0.3) is 0 Å². The molecular weight excluding hydrogens is 326 g/mol. The molecule has 4 unspecified atom stereocenters. The fourth-order valence-corrected chi connectivity index (χ4v) is 3.40. The van der Waals surface area contributed by atoms with Crippen LogP contribution in [-0.2, 0) is 9.53 Å². The van der Waals surface area contributed by atoms with Gasteiger partial charge in [-0.05, 0) is 26.7 Å². The summed E-state index contributed by atoms with van der Waals surface area (Å²) < 4.78 is 5.58. The molecule has 2 rings (SSSR count). The van der Waals surface area contributed by atoms with Gasteiger partial charge in [0.05, 0.1) is 12.5 Å². The third kappa shape index (κ3) is 6.13. The number of carbonyl (C=O) groups is 2. The van der Waals surface area contributed by atoms with Crippen molar-refractivity contribution < 1.29 is 24.5 Å². The first-order valence-electron chi connectivity index (χ1n) is 9.22. The number of urea groups is 1. The lowest BCUT2D eigenvalue weighted by Gasteiger charge is -2.23. The molecule has 0 aromatic carbocycles. The molecule has 1 saturated heterocycles. The van der Waals surface area contributed by atoms with Gasteiger partial charge in [-0.1, -0.05) is 19.3 Å². The Hall–Kier alpha value is -1.38. The van der Waals surface area contributed by atoms with Crippen LogP contribution in [0.5, 0.6) is 0 Å². The zero-order valence-corrected chi connectivity index (χ0v) is 15.0. The van der Waals surface area contributed by atoms with Gasteiger partial charge in [0.1, 0.15) is 18.3 Å². The lowest BCUT2D eigenvalue weighted by atomic mass is 9.96. The van der Waals surface area contributed by atoms with E-state index in [9.17, 15) is 19.8 Å². The Morgan fingerprint density at radius 1 is 1.08 bits per heavy atom. The first-order chi connectivity index (χ1) is 11.9. The Morgan fingerprint density at radius 2 is 1.72 bits per heavy atom. The maximum absolute atomic E-state index is 12.0. The van der Waals surface area contributed by atoms with Crippen molar-refractivity contribution in [2.24, 2.45) is 0 Å². The van der Waals surface area contributed by atoms with Gasteiger partial charge in [0.15, 0.2) is 0 Å². The summed E-state index contributed by atoms with van der Waals surface area (Å²) in [5.74, 6) is -0.241. The van der Waals surface area contributed by atoms with Crippen molar-refractivity contribution >= 4 is 11.9 Å². The average Bonchev–Trinajstić information content (AvgIpc) is 2.81. The highest BCUT2D eigenvalue weighted by Gasteiger charge is 2.43. The molecule has 1 aliphatic carbocycles. The maximum Gasteiger partial charge on any atom is 0.315 e. The van der Waals surface area contributed by atoms with Crippen molar-refractivity contribution in [1.29, 1.82) is 0 Å². The van der Waals surface area contributed by atoms with Gasteiger partial charge in [0, 0.05) is 18.6 Å². The molecule has 25 heavy (non-hydrogen) atoms. The molecule has 8 heteroatoms. The molecule has 8 nitrogen and oxygen atoms in total. The van der Waals surface area contributed by atoms with Crippen molar-refractivity contribution in [2.45, 2.75) is 88.9 Å². The number of hydrogen-bond donors (Lipinski definition) is 5. The fourth-order valence-electron chi connectivity index (χ4n) is 3.40. The summed E-state index contributed by atoms with van der Waals surface area (Å²) in [7, 11) is 0. The summed E-state index contributed by atoms with van der Waals surface area (Å²) in [5, 5.41) is 28.5. The highest BCUT2D eigenvalue weighted by Crippen LogP contribution is 2.23. The van der Waals surface area contributed by atoms with Crippen LogP contribution in [0.15, 0.2) is 0 Å². The summed E-state index contributed by atoms with van der Waals surface area (Å²) in [6.07, 6.45) is 1.63. The van der Waals surface area contributed by atoms with Gasteiger partial charge in [0.2, 0.25) is 5.91 Å². The smallest absolute Gasteiger partial charge is 0.315 e. The van der Waals surface area contributed by atoms with E-state index >= 15 is 0 Å². The third-order valence-corrected chi connectivity index (χ3v) is 4.70. The van der Waals surface area contributed by atoms with Crippen LogP contribution in [0.3, 0.4) is 0 Å². The second-order valence-electron chi connectivity index (χ2n) is 7.31. The Morgan fingerprint density at radius 3 is 2.36 bits per heavy atom. The topological polar surface area (TPSA) is 120 Å². The summed E-state index contributed by atoms with van der Waals surface area (Å²) >= 11 is 0. The Labute approximate surface area is 148 Å². The minimum atomic E-state index is -1.15. The molecule has 0 spiro atoms. The van der Waals surface area contributed by atoms with Gasteiger partial charge in [-0.15, -0.1) is 0 Å². The van der Waals surface area contributed by atoms with Crippen molar-refractivity contribution in [3.8, 4) is 0 Å². The van der Waals surface area contributed by atoms with Crippen molar-refractivity contribution in [2.75, 3.05) is 6.54 Å². The second-order valence-corrected chi connectivity index (χ2v) is 7.31. The first kappa shape index (κ1) is 19.9. The molecule has 0 radical (unpaired) electrons. The lowest BCUT2D eigenvalue weighted by Crippen LogP contribution is -2.47. The van der Waals surface area contributed by atoms with Crippen LogP contribution >= 0.6 is 0 Å². The molecule has 5 N–H and O–H groups in total. The molecule has 0 aromatic rings. The number of aliphatic hydroxyl groups is 2. The molecule has 1 saturated carbocycles. The van der Waals surface area contributed by atoms with Crippen LogP contribution < -0.4 is 16.0 Å². The standard InChI is InChI=1S/C17H31N3O5/c1-10(2)19-14(21)8-12-15(22)16(23)13(25-12)9-18-17(24)20-11-6-4-3-5-7-11/h10-13,15-16,22-23H,3-9H2,1-2H3,(H,19,21)(H2,18,20,24). The van der Waals surface area contributed by atoms with E-state index in [1.807, 2.05) is 13.8 Å².